The van der Waals surface area contributed by atoms with E-state index in [1.165, 1.54) is 31.2 Å². The van der Waals surface area contributed by atoms with E-state index < -0.39 is 29.7 Å². The number of nitrogens with zero attached hydrogens (tertiary/aromatic N) is 2. The van der Waals surface area contributed by atoms with Crippen molar-refractivity contribution in [1.82, 2.24) is 26.0 Å². The first kappa shape index (κ1) is 32.0. The van der Waals surface area contributed by atoms with E-state index in [-0.39, 0.29) is 36.6 Å². The fraction of sp³-hybridized carbons (Fsp3) is 0.621. The molecule has 0 unspecified atom stereocenters. The number of carboxylic acid groups (broad SMARTS) is 1. The zero-order valence-corrected chi connectivity index (χ0v) is 24.2. The first-order valence-electron chi connectivity index (χ1n) is 14.4. The van der Waals surface area contributed by atoms with Gasteiger partial charge in [0.2, 0.25) is 11.8 Å². The highest BCUT2D eigenvalue weighted by Crippen LogP contribution is 2.23. The number of ether oxygens (including phenoxy) is 1. The minimum atomic E-state index is -1.22. The van der Waals surface area contributed by atoms with Crippen LogP contribution in [0.25, 0.3) is 0 Å². The third kappa shape index (κ3) is 9.82. The van der Waals surface area contributed by atoms with Gasteiger partial charge in [-0.05, 0) is 96.1 Å². The van der Waals surface area contributed by atoms with Crippen molar-refractivity contribution in [3.8, 4) is 5.75 Å². The number of hydrogen-bond donors (Lipinski definition) is 4. The van der Waals surface area contributed by atoms with Crippen molar-refractivity contribution in [2.24, 2.45) is 11.8 Å². The molecule has 0 saturated carbocycles. The monoisotopic (exact) mass is 573 g/mol. The van der Waals surface area contributed by atoms with Gasteiger partial charge in [0, 0.05) is 31.1 Å². The molecule has 41 heavy (non-hydrogen) atoms. The predicted octanol–water partition coefficient (Wildman–Crippen LogP) is 1.55. The average molecular weight is 574 g/mol. The normalized spacial score (nSPS) is 18.4. The maximum Gasteiger partial charge on any atom is 0.322 e. The van der Waals surface area contributed by atoms with E-state index in [0.717, 1.165) is 37.4 Å². The quantitative estimate of drug-likeness (QED) is 0.215. The van der Waals surface area contributed by atoms with Gasteiger partial charge < -0.3 is 25.4 Å². The number of piperidine rings is 2. The zero-order chi connectivity index (χ0) is 29.9. The summed E-state index contributed by atoms with van der Waals surface area (Å²) in [5.74, 6) is -2.57. The standard InChI is InChI=1S/C29H43N5O7/c1-19(2)31-25(35)18-41-24-9-7-22(8-10-24)27(37)34(32-20(3)29(39)40)28(38)23-5-4-16-33(17-23)26(36)11-6-21-12-14-30-15-13-21/h7-10,19-21,23,30,32H,4-6,11-18H2,1-3H3,(H,31,35)(H,39,40)/t20-,23-/m1/s1. The molecule has 4 N–H and O–H groups in total. The SMILES string of the molecule is CC(C)NC(=O)COc1ccc(C(=O)N(N[C@H](C)C(=O)O)C(=O)[C@@H]2CCCN(C(=O)CCC3CCNCC3)C2)cc1. The molecule has 0 radical (unpaired) electrons. The smallest absolute Gasteiger partial charge is 0.322 e. The summed E-state index contributed by atoms with van der Waals surface area (Å²) in [5.41, 5.74) is 2.67. The number of likely N-dealkylation sites (tertiary alicyclic amines) is 1. The average Bonchev–Trinajstić information content (AvgIpc) is 2.97. The lowest BCUT2D eigenvalue weighted by molar-refractivity contribution is -0.144. The first-order valence-corrected chi connectivity index (χ1v) is 14.4. The Kier molecular flexibility index (Phi) is 12.1. The van der Waals surface area contributed by atoms with E-state index in [1.54, 1.807) is 4.90 Å². The van der Waals surface area contributed by atoms with Crippen LogP contribution in [-0.2, 0) is 19.2 Å². The van der Waals surface area contributed by atoms with Gasteiger partial charge in [-0.2, -0.15) is 0 Å². The maximum atomic E-state index is 13.6. The van der Waals surface area contributed by atoms with Crippen molar-refractivity contribution in [2.75, 3.05) is 32.8 Å². The van der Waals surface area contributed by atoms with Crippen LogP contribution in [0.1, 0.15) is 69.7 Å². The van der Waals surface area contributed by atoms with Crippen LogP contribution in [0.4, 0.5) is 0 Å². The summed E-state index contributed by atoms with van der Waals surface area (Å²) in [7, 11) is 0. The molecule has 2 aliphatic rings. The van der Waals surface area contributed by atoms with Gasteiger partial charge in [0.05, 0.1) is 5.92 Å². The number of imide groups is 1. The molecule has 2 atom stereocenters. The molecule has 2 fully saturated rings. The number of carbonyl (C=O) groups excluding carboxylic acids is 4. The summed E-state index contributed by atoms with van der Waals surface area (Å²) < 4.78 is 5.46. The van der Waals surface area contributed by atoms with Gasteiger partial charge in [0.1, 0.15) is 11.8 Å². The highest BCUT2D eigenvalue weighted by atomic mass is 16.5. The Morgan fingerprint density at radius 3 is 2.39 bits per heavy atom. The number of rotatable bonds is 12. The second-order valence-corrected chi connectivity index (χ2v) is 11.1. The molecule has 12 nitrogen and oxygen atoms in total. The number of aliphatic carboxylic acids is 1. The molecular weight excluding hydrogens is 530 g/mol. The van der Waals surface area contributed by atoms with Gasteiger partial charge in [-0.25, -0.2) is 10.4 Å². The summed E-state index contributed by atoms with van der Waals surface area (Å²) in [5, 5.41) is 16.2. The lowest BCUT2D eigenvalue weighted by atomic mass is 9.92. The van der Waals surface area contributed by atoms with Gasteiger partial charge >= 0.3 is 5.97 Å². The maximum absolute atomic E-state index is 13.6. The molecule has 1 aromatic carbocycles. The van der Waals surface area contributed by atoms with Gasteiger partial charge in [-0.1, -0.05) is 0 Å². The Hall–Kier alpha value is -3.51. The lowest BCUT2D eigenvalue weighted by Crippen LogP contribution is -2.56. The molecule has 2 aliphatic heterocycles. The molecule has 0 aliphatic carbocycles. The molecular formula is C29H43N5O7. The Balaban J connectivity index is 1.65. The number of hydrazine groups is 1. The number of benzene rings is 1. The largest absolute Gasteiger partial charge is 0.484 e. The Labute approximate surface area is 241 Å². The summed E-state index contributed by atoms with van der Waals surface area (Å²) >= 11 is 0. The minimum absolute atomic E-state index is 0.00318. The summed E-state index contributed by atoms with van der Waals surface area (Å²) in [6.45, 7) is 7.49. The summed E-state index contributed by atoms with van der Waals surface area (Å²) in [6.07, 6.45) is 4.45. The molecule has 0 spiro atoms. The van der Waals surface area contributed by atoms with Crippen molar-refractivity contribution in [1.29, 1.82) is 0 Å². The molecule has 2 saturated heterocycles. The van der Waals surface area contributed by atoms with Crippen molar-refractivity contribution in [2.45, 2.75) is 71.4 Å². The number of carbonyl (C=O) groups is 5. The third-order valence-electron chi connectivity index (χ3n) is 7.39. The molecule has 4 amide bonds. The van der Waals surface area contributed by atoms with E-state index in [0.29, 0.717) is 37.5 Å². The molecule has 12 heteroatoms. The highest BCUT2D eigenvalue weighted by molar-refractivity contribution is 6.05. The van der Waals surface area contributed by atoms with Crippen LogP contribution in [0.5, 0.6) is 5.75 Å². The van der Waals surface area contributed by atoms with Crippen LogP contribution >= 0.6 is 0 Å². The van der Waals surface area contributed by atoms with E-state index in [4.69, 9.17) is 4.74 Å². The number of hydrogen-bond acceptors (Lipinski definition) is 8. The van der Waals surface area contributed by atoms with Gasteiger partial charge in [-0.15, -0.1) is 0 Å². The molecule has 0 bridgehead atoms. The van der Waals surface area contributed by atoms with Crippen LogP contribution in [0.3, 0.4) is 0 Å². The van der Waals surface area contributed by atoms with E-state index in [1.807, 2.05) is 13.8 Å². The Bertz CT molecular complexity index is 1070. The van der Waals surface area contributed by atoms with Gasteiger partial charge in [0.25, 0.3) is 11.8 Å². The lowest BCUT2D eigenvalue weighted by Gasteiger charge is -2.35. The van der Waals surface area contributed by atoms with Crippen LogP contribution in [0.15, 0.2) is 24.3 Å². The van der Waals surface area contributed by atoms with Crippen LogP contribution in [0.2, 0.25) is 0 Å². The topological polar surface area (TPSA) is 157 Å². The van der Waals surface area contributed by atoms with Crippen molar-refractivity contribution < 1.29 is 33.8 Å². The molecule has 1 aromatic rings. The second-order valence-electron chi connectivity index (χ2n) is 11.1. The van der Waals surface area contributed by atoms with Crippen molar-refractivity contribution in [3.63, 3.8) is 0 Å². The zero-order valence-electron chi connectivity index (χ0n) is 24.2. The van der Waals surface area contributed by atoms with Gasteiger partial charge in [-0.3, -0.25) is 24.0 Å². The van der Waals surface area contributed by atoms with E-state index >= 15 is 0 Å². The van der Waals surface area contributed by atoms with Crippen LogP contribution in [0, 0.1) is 11.8 Å². The third-order valence-corrected chi connectivity index (χ3v) is 7.39. The van der Waals surface area contributed by atoms with E-state index in [2.05, 4.69) is 16.1 Å². The molecule has 3 rings (SSSR count). The summed E-state index contributed by atoms with van der Waals surface area (Å²) in [4.78, 5) is 65.1. The first-order chi connectivity index (χ1) is 19.5. The number of amides is 4. The van der Waals surface area contributed by atoms with Crippen LogP contribution in [-0.4, -0.2) is 89.5 Å². The fourth-order valence-corrected chi connectivity index (χ4v) is 5.05. The van der Waals surface area contributed by atoms with Crippen molar-refractivity contribution >= 4 is 29.6 Å². The molecule has 2 heterocycles. The second kappa shape index (κ2) is 15.5. The molecule has 0 aromatic heterocycles. The van der Waals surface area contributed by atoms with Gasteiger partial charge in [0.15, 0.2) is 6.61 Å². The number of nitrogens with one attached hydrogen (secondary N) is 3. The minimum Gasteiger partial charge on any atom is -0.484 e. The van der Waals surface area contributed by atoms with Crippen LogP contribution < -0.4 is 20.8 Å². The summed E-state index contributed by atoms with van der Waals surface area (Å²) in [6, 6.07) is 4.66. The fourth-order valence-electron chi connectivity index (χ4n) is 5.05. The predicted molar refractivity (Wildman–Crippen MR) is 151 cm³/mol. The Morgan fingerprint density at radius 1 is 1.07 bits per heavy atom. The Morgan fingerprint density at radius 2 is 1.76 bits per heavy atom. The number of carboxylic acids is 1. The molecule has 226 valence electrons. The van der Waals surface area contributed by atoms with E-state index in [9.17, 15) is 29.1 Å². The highest BCUT2D eigenvalue weighted by Gasteiger charge is 2.35. The van der Waals surface area contributed by atoms with Crippen molar-refractivity contribution in [3.05, 3.63) is 29.8 Å².